The van der Waals surface area contributed by atoms with Crippen LogP contribution in [0.2, 0.25) is 0 Å². The molecule has 332 valence electrons. The summed E-state index contributed by atoms with van der Waals surface area (Å²) in [5.74, 6) is -71.8. The van der Waals surface area contributed by atoms with Crippen LogP contribution < -0.4 is 26.4 Å². The van der Waals surface area contributed by atoms with Crippen LogP contribution in [-0.4, -0.2) is 23.7 Å². The Balaban J connectivity index is 0.000000345. The SMILES string of the molecule is CCOC(=O)c1c[n+](Cc2ccccc2)ccn1.Fc1c(F)c(F)c([B-](c2c(F)c(F)c(F)c(F)c2F)(c2c(F)c(F)c(F)c(F)c2F)c2c(F)c(F)c(F)c(F)c2F)c(F)c1F. The van der Waals surface area contributed by atoms with Gasteiger partial charge in [0.05, 0.1) is 12.8 Å². The molecule has 4 nitrogen and oxygen atoms in total. The molecule has 0 aliphatic rings. The van der Waals surface area contributed by atoms with E-state index >= 15 is 35.1 Å². The van der Waals surface area contributed by atoms with Crippen molar-refractivity contribution in [1.82, 2.24) is 4.98 Å². The maximum absolute atomic E-state index is 15.4. The van der Waals surface area contributed by atoms with E-state index in [4.69, 9.17) is 4.74 Å². The van der Waals surface area contributed by atoms with Crippen molar-refractivity contribution in [2.24, 2.45) is 0 Å². The Hall–Kier alpha value is -6.69. The summed E-state index contributed by atoms with van der Waals surface area (Å²) < 4.78 is 301. The first-order chi connectivity index (χ1) is 29.5. The van der Waals surface area contributed by atoms with E-state index in [2.05, 4.69) is 4.98 Å². The number of nitrogens with zero attached hydrogens (tertiary/aromatic N) is 2. The van der Waals surface area contributed by atoms with Gasteiger partial charge in [-0.2, -0.15) is 4.57 Å². The lowest BCUT2D eigenvalue weighted by atomic mass is 9.12. The van der Waals surface area contributed by atoms with Crippen LogP contribution in [0.1, 0.15) is 23.0 Å². The molecular weight excluding hydrogens is 907 g/mol. The fourth-order valence-corrected chi connectivity index (χ4v) is 6.51. The van der Waals surface area contributed by atoms with Gasteiger partial charge in [0.15, 0.2) is 82.5 Å². The third-order valence-electron chi connectivity index (χ3n) is 9.16. The molecule has 0 atom stereocenters. The highest BCUT2D eigenvalue weighted by atomic mass is 19.2. The Morgan fingerprint density at radius 1 is 0.476 bits per heavy atom. The summed E-state index contributed by atoms with van der Waals surface area (Å²) in [6.07, 6.45) is -2.08. The first-order valence-electron chi connectivity index (χ1n) is 16.8. The van der Waals surface area contributed by atoms with Crippen LogP contribution in [0, 0.1) is 116 Å². The van der Waals surface area contributed by atoms with Crippen molar-refractivity contribution in [2.45, 2.75) is 13.5 Å². The first kappa shape index (κ1) is 47.4. The standard InChI is InChI=1S/C24BF20.C14H15N2O2/c26-5-1(6(27)14(35)21(42)13(5)34)25(2-7(28)15(36)22(43)16(37)8(2)29,3-9(30)17(38)23(44)18(39)10(3)31)4-11(32)19(40)24(45)20(41)12(4)33;1-2-18-14(17)13-11-16(9-8-15-13)10-12-6-4-3-5-7-12/h;3-9,11H,2,10H2,1H3/q-1;+1. The number of rotatable bonds is 8. The largest absolute Gasteiger partial charge is 0.461 e. The molecule has 0 amide bonds. The minimum atomic E-state index is -7.22. The molecule has 0 saturated heterocycles. The van der Waals surface area contributed by atoms with Crippen molar-refractivity contribution in [3.63, 3.8) is 0 Å². The second kappa shape index (κ2) is 18.0. The molecule has 1 aromatic heterocycles. The van der Waals surface area contributed by atoms with Gasteiger partial charge in [-0.25, -0.2) is 97.6 Å². The van der Waals surface area contributed by atoms with Gasteiger partial charge in [0, 0.05) is 5.56 Å². The van der Waals surface area contributed by atoms with E-state index < -0.39 is 144 Å². The quantitative estimate of drug-likeness (QED) is 0.0399. The molecule has 25 heteroatoms. The third kappa shape index (κ3) is 7.76. The van der Waals surface area contributed by atoms with Crippen LogP contribution in [0.25, 0.3) is 0 Å². The lowest BCUT2D eigenvalue weighted by molar-refractivity contribution is -0.689. The average molecular weight is 922 g/mol. The van der Waals surface area contributed by atoms with Gasteiger partial charge in [0.2, 0.25) is 11.9 Å². The van der Waals surface area contributed by atoms with Gasteiger partial charge in [-0.1, -0.05) is 30.3 Å². The molecule has 5 aromatic carbocycles. The molecule has 63 heavy (non-hydrogen) atoms. The molecule has 6 aromatic rings. The van der Waals surface area contributed by atoms with Crippen molar-refractivity contribution in [1.29, 1.82) is 0 Å². The molecule has 0 radical (unpaired) electrons. The number of halogens is 20. The Kier molecular flexibility index (Phi) is 13.5. The Labute approximate surface area is 337 Å². The van der Waals surface area contributed by atoms with E-state index in [0.29, 0.717) is 18.8 Å². The third-order valence-corrected chi connectivity index (χ3v) is 9.16. The summed E-state index contributed by atoms with van der Waals surface area (Å²) in [6, 6.07) is 10.0. The van der Waals surface area contributed by atoms with Crippen molar-refractivity contribution in [3.05, 3.63) is 177 Å². The van der Waals surface area contributed by atoms with Gasteiger partial charge in [-0.3, -0.25) is 0 Å². The highest BCUT2D eigenvalue weighted by Crippen LogP contribution is 2.30. The predicted octanol–water partition coefficient (Wildman–Crippen LogP) is 7.44. The van der Waals surface area contributed by atoms with Crippen molar-refractivity contribution in [2.75, 3.05) is 6.61 Å². The molecule has 1 heterocycles. The Bertz CT molecular complexity index is 2430. The molecule has 0 aliphatic carbocycles. The van der Waals surface area contributed by atoms with Crippen molar-refractivity contribution >= 4 is 34.0 Å². The number of hydrogen-bond donors (Lipinski definition) is 0. The van der Waals surface area contributed by atoms with Crippen LogP contribution in [0.4, 0.5) is 87.8 Å². The summed E-state index contributed by atoms with van der Waals surface area (Å²) in [6.45, 7) is 2.84. The average Bonchev–Trinajstić information content (AvgIpc) is 3.27. The van der Waals surface area contributed by atoms with Crippen LogP contribution in [0.5, 0.6) is 0 Å². The van der Waals surface area contributed by atoms with E-state index in [-0.39, 0.29) is 5.97 Å². The van der Waals surface area contributed by atoms with E-state index in [1.165, 1.54) is 5.56 Å². The molecule has 6 rings (SSSR count). The molecular formula is C38H15BF20N2O2. The minimum Gasteiger partial charge on any atom is -0.461 e. The first-order valence-corrected chi connectivity index (χ1v) is 16.8. The van der Waals surface area contributed by atoms with Crippen LogP contribution in [0.3, 0.4) is 0 Å². The summed E-state index contributed by atoms with van der Waals surface area (Å²) in [7, 11) is 0. The van der Waals surface area contributed by atoms with E-state index in [1.54, 1.807) is 19.3 Å². The van der Waals surface area contributed by atoms with Crippen molar-refractivity contribution < 1.29 is 102 Å². The predicted molar refractivity (Wildman–Crippen MR) is 175 cm³/mol. The van der Waals surface area contributed by atoms with Gasteiger partial charge >= 0.3 is 5.97 Å². The van der Waals surface area contributed by atoms with Crippen molar-refractivity contribution in [3.8, 4) is 0 Å². The summed E-state index contributed by atoms with van der Waals surface area (Å²) in [5.41, 5.74) is -12.8. The second-order valence-corrected chi connectivity index (χ2v) is 12.6. The van der Waals surface area contributed by atoms with E-state index in [1.807, 2.05) is 41.1 Å². The van der Waals surface area contributed by atoms with Gasteiger partial charge in [-0.15, -0.1) is 21.9 Å². The highest BCUT2D eigenvalue weighted by molar-refractivity contribution is 7.20. The topological polar surface area (TPSA) is 43.1 Å². The summed E-state index contributed by atoms with van der Waals surface area (Å²) in [5, 5.41) is 0. The number of aromatic nitrogens is 2. The van der Waals surface area contributed by atoms with Crippen LogP contribution >= 0.6 is 0 Å². The molecule has 0 unspecified atom stereocenters. The Morgan fingerprint density at radius 2 is 0.762 bits per heavy atom. The number of carbonyl (C=O) groups excluding carboxylic acids is 1. The van der Waals surface area contributed by atoms with Gasteiger partial charge < -0.3 is 4.74 Å². The number of benzene rings is 5. The van der Waals surface area contributed by atoms with Crippen LogP contribution in [0.15, 0.2) is 48.9 Å². The fourth-order valence-electron chi connectivity index (χ4n) is 6.51. The summed E-state index contributed by atoms with van der Waals surface area (Å²) in [4.78, 5) is 15.6. The smallest absolute Gasteiger partial charge is 0.363 e. The monoisotopic (exact) mass is 922 g/mol. The van der Waals surface area contributed by atoms with E-state index in [0.717, 1.165) is 0 Å². The second-order valence-electron chi connectivity index (χ2n) is 12.6. The lowest BCUT2D eigenvalue weighted by Gasteiger charge is -2.44. The van der Waals surface area contributed by atoms with Gasteiger partial charge in [-0.05, 0) is 6.92 Å². The summed E-state index contributed by atoms with van der Waals surface area (Å²) >= 11 is 0. The zero-order valence-corrected chi connectivity index (χ0v) is 30.4. The number of esters is 1. The van der Waals surface area contributed by atoms with Gasteiger partial charge in [0.25, 0.3) is 0 Å². The number of hydrogen-bond acceptors (Lipinski definition) is 3. The normalized spacial score (nSPS) is 11.4. The lowest BCUT2D eigenvalue weighted by Crippen LogP contribution is -2.81. The highest BCUT2D eigenvalue weighted by Gasteiger charge is 2.52. The number of carbonyl (C=O) groups is 1. The minimum absolute atomic E-state index is 0.329. The zero-order chi connectivity index (χ0) is 47.2. The molecule has 0 saturated carbocycles. The van der Waals surface area contributed by atoms with Gasteiger partial charge in [0.1, 0.15) is 52.7 Å². The molecule has 0 aliphatic heterocycles. The molecule has 0 bridgehead atoms. The van der Waals surface area contributed by atoms with Crippen LogP contribution in [-0.2, 0) is 11.3 Å². The molecule has 0 fully saturated rings. The molecule has 0 N–H and O–H groups in total. The maximum Gasteiger partial charge on any atom is 0.363 e. The Morgan fingerprint density at radius 3 is 1.05 bits per heavy atom. The van der Waals surface area contributed by atoms with E-state index in [9.17, 15) is 57.5 Å². The maximum atomic E-state index is 15.4. The molecule has 0 spiro atoms. The fraction of sp³-hybridized carbons (Fsp3) is 0.0789. The number of ether oxygens (including phenoxy) is 1. The zero-order valence-electron chi connectivity index (χ0n) is 30.4.